The average molecular weight is 534 g/mol. The molecule has 1 aromatic heterocycles. The maximum Gasteiger partial charge on any atom is 0.0630 e. The van der Waals surface area contributed by atoms with Crippen molar-refractivity contribution in [3.63, 3.8) is 0 Å². The molecular formula is C29H31IN2. The van der Waals surface area contributed by atoms with Gasteiger partial charge in [-0.05, 0) is 140 Å². The van der Waals surface area contributed by atoms with Gasteiger partial charge in [0.2, 0.25) is 0 Å². The highest BCUT2D eigenvalue weighted by Crippen LogP contribution is 2.60. The van der Waals surface area contributed by atoms with E-state index < -0.39 is 0 Å². The Morgan fingerprint density at radius 1 is 0.906 bits per heavy atom. The van der Waals surface area contributed by atoms with Gasteiger partial charge >= 0.3 is 0 Å². The van der Waals surface area contributed by atoms with E-state index in [1.165, 1.54) is 64.7 Å². The fourth-order valence-electron chi connectivity index (χ4n) is 7.44. The Balaban J connectivity index is 1.24. The van der Waals surface area contributed by atoms with Crippen molar-refractivity contribution in [3.8, 4) is 5.69 Å². The second-order valence-corrected chi connectivity index (χ2v) is 11.9. The Hall–Kier alpha value is -1.88. The zero-order chi connectivity index (χ0) is 21.9. The highest BCUT2D eigenvalue weighted by molar-refractivity contribution is 14.1. The van der Waals surface area contributed by atoms with Gasteiger partial charge in [0.15, 0.2) is 0 Å². The minimum Gasteiger partial charge on any atom is -0.318 e. The molecule has 2 nitrogen and oxygen atoms in total. The monoisotopic (exact) mass is 534 g/mol. The van der Waals surface area contributed by atoms with Crippen molar-refractivity contribution in [3.05, 3.63) is 80.7 Å². The molecule has 0 unspecified atom stereocenters. The van der Waals surface area contributed by atoms with Crippen molar-refractivity contribution >= 4 is 34.5 Å². The van der Waals surface area contributed by atoms with Crippen LogP contribution in [0.4, 0.5) is 5.69 Å². The summed E-state index contributed by atoms with van der Waals surface area (Å²) in [6, 6.07) is 20.1. The SMILES string of the molecule is Cc1cc(C=Nc2ccc(C34CC5CC(CC(C5)C3)C4)cc2)c(C)n1-c1cccc(I)c1. The van der Waals surface area contributed by atoms with Gasteiger partial charge in [0.05, 0.1) is 5.69 Å². The molecule has 4 saturated carbocycles. The molecule has 2 aromatic carbocycles. The highest BCUT2D eigenvalue weighted by atomic mass is 127. The minimum atomic E-state index is 0.467. The number of benzene rings is 2. The lowest BCUT2D eigenvalue weighted by atomic mass is 9.48. The van der Waals surface area contributed by atoms with Gasteiger partial charge in [0.1, 0.15) is 0 Å². The van der Waals surface area contributed by atoms with Crippen LogP contribution in [0.2, 0.25) is 0 Å². The first-order valence-corrected chi connectivity index (χ1v) is 13.2. The third-order valence-electron chi connectivity index (χ3n) is 8.41. The molecule has 3 heteroatoms. The van der Waals surface area contributed by atoms with Gasteiger partial charge in [0, 0.05) is 32.4 Å². The van der Waals surface area contributed by atoms with Crippen molar-refractivity contribution in [2.45, 2.75) is 57.8 Å². The van der Waals surface area contributed by atoms with E-state index in [2.05, 4.69) is 95.6 Å². The summed E-state index contributed by atoms with van der Waals surface area (Å²) in [7, 11) is 0. The summed E-state index contributed by atoms with van der Waals surface area (Å²) in [5, 5.41) is 0. The zero-order valence-corrected chi connectivity index (χ0v) is 21.2. The molecule has 4 aliphatic carbocycles. The second kappa shape index (κ2) is 7.86. The summed E-state index contributed by atoms with van der Waals surface area (Å²) >= 11 is 2.38. The van der Waals surface area contributed by atoms with Crippen molar-refractivity contribution in [2.24, 2.45) is 22.7 Å². The normalized spacial score (nSPS) is 28.7. The van der Waals surface area contributed by atoms with E-state index in [1.807, 2.05) is 6.21 Å². The number of aromatic nitrogens is 1. The van der Waals surface area contributed by atoms with E-state index in [0.717, 1.165) is 23.4 Å². The second-order valence-electron chi connectivity index (χ2n) is 10.6. The summed E-state index contributed by atoms with van der Waals surface area (Å²) < 4.78 is 3.57. The number of hydrogen-bond acceptors (Lipinski definition) is 1. The first-order valence-electron chi connectivity index (χ1n) is 12.1. The summed E-state index contributed by atoms with van der Waals surface area (Å²) in [6.07, 6.45) is 10.8. The fourth-order valence-corrected chi connectivity index (χ4v) is 7.97. The van der Waals surface area contributed by atoms with Crippen LogP contribution in [0.15, 0.2) is 59.6 Å². The molecule has 0 spiro atoms. The van der Waals surface area contributed by atoms with Crippen LogP contribution < -0.4 is 0 Å². The Morgan fingerprint density at radius 3 is 2.19 bits per heavy atom. The zero-order valence-electron chi connectivity index (χ0n) is 19.0. The van der Waals surface area contributed by atoms with E-state index >= 15 is 0 Å². The summed E-state index contributed by atoms with van der Waals surface area (Å²) in [4.78, 5) is 4.85. The number of nitrogens with zero attached hydrogens (tertiary/aromatic N) is 2. The predicted octanol–water partition coefficient (Wildman–Crippen LogP) is 7.92. The summed E-state index contributed by atoms with van der Waals surface area (Å²) in [5.41, 5.74) is 7.97. The van der Waals surface area contributed by atoms with Crippen LogP contribution >= 0.6 is 22.6 Å². The first-order chi connectivity index (χ1) is 15.5. The molecule has 4 fully saturated rings. The van der Waals surface area contributed by atoms with Crippen molar-refractivity contribution in [2.75, 3.05) is 0 Å². The number of rotatable bonds is 4. The van der Waals surface area contributed by atoms with Crippen LogP contribution in [-0.4, -0.2) is 10.8 Å². The molecule has 3 aromatic rings. The maximum atomic E-state index is 4.85. The molecule has 0 saturated heterocycles. The smallest absolute Gasteiger partial charge is 0.0630 e. The molecule has 0 atom stereocenters. The van der Waals surface area contributed by atoms with E-state index in [4.69, 9.17) is 4.99 Å². The topological polar surface area (TPSA) is 17.3 Å². The number of aliphatic imine (C=N–C) groups is 1. The molecule has 32 heavy (non-hydrogen) atoms. The van der Waals surface area contributed by atoms with Gasteiger partial charge in [-0.25, -0.2) is 0 Å². The van der Waals surface area contributed by atoms with Gasteiger partial charge in [-0.15, -0.1) is 0 Å². The van der Waals surface area contributed by atoms with Crippen LogP contribution in [0.1, 0.15) is 61.0 Å². The van der Waals surface area contributed by atoms with E-state index in [9.17, 15) is 0 Å². The highest BCUT2D eigenvalue weighted by Gasteiger charge is 2.51. The molecule has 0 radical (unpaired) electrons. The number of halogens is 1. The Kier molecular flexibility index (Phi) is 5.09. The summed E-state index contributed by atoms with van der Waals surface area (Å²) in [5.74, 6) is 2.96. The van der Waals surface area contributed by atoms with Gasteiger partial charge < -0.3 is 4.57 Å². The quantitative estimate of drug-likeness (QED) is 0.239. The third kappa shape index (κ3) is 3.57. The van der Waals surface area contributed by atoms with Gasteiger partial charge in [-0.3, -0.25) is 4.99 Å². The molecule has 4 bridgehead atoms. The van der Waals surface area contributed by atoms with E-state index in [1.54, 1.807) is 5.56 Å². The maximum absolute atomic E-state index is 4.85. The van der Waals surface area contributed by atoms with Crippen LogP contribution in [0.25, 0.3) is 5.69 Å². The molecule has 1 heterocycles. The van der Waals surface area contributed by atoms with Crippen molar-refractivity contribution in [1.29, 1.82) is 0 Å². The lowest BCUT2D eigenvalue weighted by molar-refractivity contribution is -0.00518. The number of aryl methyl sites for hydroxylation is 1. The van der Waals surface area contributed by atoms with E-state index in [-0.39, 0.29) is 0 Å². The molecular weight excluding hydrogens is 503 g/mol. The standard InChI is InChI=1S/C29H31IN2/c1-19-10-24(20(2)32(19)28-5-3-4-26(30)14-28)18-31-27-8-6-25(7-9-27)29-15-21-11-22(16-29)13-23(12-21)17-29/h3-10,14,18,21-23H,11-13,15-17H2,1-2H3. The largest absolute Gasteiger partial charge is 0.318 e. The average Bonchev–Trinajstić information content (AvgIpc) is 3.04. The van der Waals surface area contributed by atoms with Crippen LogP contribution in [0, 0.1) is 35.2 Å². The van der Waals surface area contributed by atoms with Gasteiger partial charge in [0.25, 0.3) is 0 Å². The van der Waals surface area contributed by atoms with E-state index in [0.29, 0.717) is 5.41 Å². The Morgan fingerprint density at radius 2 is 1.56 bits per heavy atom. The molecule has 0 N–H and O–H groups in total. The predicted molar refractivity (Wildman–Crippen MR) is 142 cm³/mol. The third-order valence-corrected chi connectivity index (χ3v) is 9.08. The van der Waals surface area contributed by atoms with Crippen LogP contribution in [0.5, 0.6) is 0 Å². The molecule has 0 amide bonds. The van der Waals surface area contributed by atoms with Gasteiger partial charge in [-0.2, -0.15) is 0 Å². The lowest BCUT2D eigenvalue weighted by Crippen LogP contribution is -2.48. The molecule has 0 aliphatic heterocycles. The molecule has 164 valence electrons. The van der Waals surface area contributed by atoms with Crippen molar-refractivity contribution < 1.29 is 0 Å². The molecule has 4 aliphatic rings. The first kappa shape index (κ1) is 20.7. The fraction of sp³-hybridized carbons (Fsp3) is 0.414. The van der Waals surface area contributed by atoms with Crippen LogP contribution in [0.3, 0.4) is 0 Å². The Labute approximate surface area is 205 Å². The number of hydrogen-bond donors (Lipinski definition) is 0. The van der Waals surface area contributed by atoms with Crippen molar-refractivity contribution in [1.82, 2.24) is 4.57 Å². The minimum absolute atomic E-state index is 0.467. The summed E-state index contributed by atoms with van der Waals surface area (Å²) in [6.45, 7) is 4.36. The Bertz CT molecular complexity index is 1150. The van der Waals surface area contributed by atoms with Gasteiger partial charge in [-0.1, -0.05) is 18.2 Å². The van der Waals surface area contributed by atoms with Crippen LogP contribution in [-0.2, 0) is 5.41 Å². The lowest BCUT2D eigenvalue weighted by Gasteiger charge is -2.57. The molecule has 7 rings (SSSR count).